The molecule has 3 aromatic rings. The van der Waals surface area contributed by atoms with Gasteiger partial charge in [0.15, 0.2) is 0 Å². The Kier molecular flexibility index (Phi) is 4.19. The fourth-order valence-electron chi connectivity index (χ4n) is 3.09. The fraction of sp³-hybridized carbons (Fsp3) is 0.263. The van der Waals surface area contributed by atoms with Crippen molar-refractivity contribution in [3.8, 4) is 5.69 Å². The number of nitrogens with one attached hydrogen (secondary N) is 2. The number of rotatable bonds is 4. The molecule has 8 nitrogen and oxygen atoms in total. The first-order chi connectivity index (χ1) is 13.3. The van der Waals surface area contributed by atoms with Crippen molar-refractivity contribution >= 4 is 39.4 Å². The molecule has 1 saturated heterocycles. The number of amides is 4. The number of aryl methyl sites for hydroxylation is 1. The SMILES string of the molecule is CC[C@@]1(C)NC(=O)N(NC(=O)c2cc3c(C)nn(-c4ccccc4)c3s2)C1=O. The molecule has 1 aliphatic heterocycles. The number of para-hydroxylation sites is 1. The second kappa shape index (κ2) is 6.45. The highest BCUT2D eigenvalue weighted by molar-refractivity contribution is 7.20. The predicted octanol–water partition coefficient (Wildman–Crippen LogP) is 2.76. The number of aromatic nitrogens is 2. The van der Waals surface area contributed by atoms with Crippen LogP contribution < -0.4 is 10.7 Å². The van der Waals surface area contributed by atoms with Gasteiger partial charge in [-0.2, -0.15) is 10.1 Å². The van der Waals surface area contributed by atoms with E-state index in [1.165, 1.54) is 11.3 Å². The number of urea groups is 1. The molecule has 1 aromatic carbocycles. The Morgan fingerprint density at radius 3 is 2.64 bits per heavy atom. The van der Waals surface area contributed by atoms with Gasteiger partial charge in [0.1, 0.15) is 10.4 Å². The number of hydrazine groups is 1. The van der Waals surface area contributed by atoms with Crippen LogP contribution in [0.25, 0.3) is 15.9 Å². The zero-order valence-electron chi connectivity index (χ0n) is 15.6. The number of benzene rings is 1. The van der Waals surface area contributed by atoms with Crippen molar-refractivity contribution in [1.82, 2.24) is 25.5 Å². The van der Waals surface area contributed by atoms with E-state index in [0.29, 0.717) is 11.3 Å². The molecule has 0 saturated carbocycles. The van der Waals surface area contributed by atoms with E-state index in [2.05, 4.69) is 15.8 Å². The molecule has 144 valence electrons. The molecule has 1 atom stereocenters. The van der Waals surface area contributed by atoms with Crippen LogP contribution in [0.15, 0.2) is 36.4 Å². The lowest BCUT2D eigenvalue weighted by molar-refractivity contribution is -0.132. The summed E-state index contributed by atoms with van der Waals surface area (Å²) < 4.78 is 1.79. The van der Waals surface area contributed by atoms with Gasteiger partial charge in [0.25, 0.3) is 11.8 Å². The van der Waals surface area contributed by atoms with Crippen LogP contribution in [0.5, 0.6) is 0 Å². The summed E-state index contributed by atoms with van der Waals surface area (Å²) >= 11 is 1.26. The highest BCUT2D eigenvalue weighted by Crippen LogP contribution is 2.30. The number of thiophene rings is 1. The maximum absolute atomic E-state index is 12.7. The Morgan fingerprint density at radius 2 is 2.00 bits per heavy atom. The second-order valence-corrected chi connectivity index (χ2v) is 7.89. The molecular formula is C19H19N5O3S. The first kappa shape index (κ1) is 18.2. The van der Waals surface area contributed by atoms with Gasteiger partial charge in [-0.3, -0.25) is 15.0 Å². The summed E-state index contributed by atoms with van der Waals surface area (Å²) in [5, 5.41) is 8.77. The summed E-state index contributed by atoms with van der Waals surface area (Å²) in [4.78, 5) is 38.5. The van der Waals surface area contributed by atoms with Crippen molar-refractivity contribution in [2.75, 3.05) is 0 Å². The number of fused-ring (bicyclic) bond motifs is 1. The van der Waals surface area contributed by atoms with E-state index in [1.54, 1.807) is 24.6 Å². The summed E-state index contributed by atoms with van der Waals surface area (Å²) in [5.74, 6) is -0.981. The average molecular weight is 397 g/mol. The Balaban J connectivity index is 1.64. The van der Waals surface area contributed by atoms with Crippen LogP contribution in [-0.4, -0.2) is 38.2 Å². The lowest BCUT2D eigenvalue weighted by atomic mass is 10.00. The molecule has 0 unspecified atom stereocenters. The molecule has 2 N–H and O–H groups in total. The minimum atomic E-state index is -1.01. The maximum Gasteiger partial charge on any atom is 0.344 e. The van der Waals surface area contributed by atoms with E-state index in [0.717, 1.165) is 26.6 Å². The van der Waals surface area contributed by atoms with Gasteiger partial charge in [0.05, 0.1) is 16.3 Å². The first-order valence-corrected chi connectivity index (χ1v) is 9.68. The van der Waals surface area contributed by atoms with Crippen molar-refractivity contribution in [2.45, 2.75) is 32.7 Å². The van der Waals surface area contributed by atoms with Crippen molar-refractivity contribution in [3.63, 3.8) is 0 Å². The van der Waals surface area contributed by atoms with E-state index in [1.807, 2.05) is 37.3 Å². The molecule has 0 bridgehead atoms. The summed E-state index contributed by atoms with van der Waals surface area (Å²) in [6.45, 7) is 5.31. The van der Waals surface area contributed by atoms with Crippen molar-refractivity contribution in [3.05, 3.63) is 47.0 Å². The molecule has 2 aromatic heterocycles. The Morgan fingerprint density at radius 1 is 1.29 bits per heavy atom. The number of hydrogen-bond donors (Lipinski definition) is 2. The normalized spacial score (nSPS) is 19.3. The standard InChI is InChI=1S/C19H19N5O3S/c1-4-19(3)17(26)24(18(27)20-19)22-15(25)14-10-13-11(2)21-23(16(13)28-14)12-8-6-5-7-9-12/h5-10H,4H2,1-3H3,(H,20,27)(H,22,25)/t19-/m1/s1. The second-order valence-electron chi connectivity index (χ2n) is 6.86. The van der Waals surface area contributed by atoms with Gasteiger partial charge < -0.3 is 5.32 Å². The van der Waals surface area contributed by atoms with Crippen molar-refractivity contribution < 1.29 is 14.4 Å². The Hall–Kier alpha value is -3.20. The summed E-state index contributed by atoms with van der Waals surface area (Å²) in [5.41, 5.74) is 3.11. The number of hydrogen-bond acceptors (Lipinski definition) is 5. The van der Waals surface area contributed by atoms with Crippen LogP contribution in [0, 0.1) is 6.92 Å². The molecule has 1 fully saturated rings. The zero-order valence-corrected chi connectivity index (χ0v) is 16.5. The summed E-state index contributed by atoms with van der Waals surface area (Å²) in [6.07, 6.45) is 0.430. The molecule has 4 amide bonds. The minimum absolute atomic E-state index is 0.394. The van der Waals surface area contributed by atoms with Gasteiger partial charge >= 0.3 is 6.03 Å². The fourth-order valence-corrected chi connectivity index (χ4v) is 4.16. The maximum atomic E-state index is 12.7. The van der Waals surface area contributed by atoms with Gasteiger partial charge in [-0.15, -0.1) is 11.3 Å². The van der Waals surface area contributed by atoms with Gasteiger partial charge in [0, 0.05) is 5.39 Å². The number of nitrogens with zero attached hydrogens (tertiary/aromatic N) is 3. The zero-order chi connectivity index (χ0) is 20.1. The molecule has 28 heavy (non-hydrogen) atoms. The van der Waals surface area contributed by atoms with Crippen molar-refractivity contribution in [1.29, 1.82) is 0 Å². The van der Waals surface area contributed by atoms with E-state index < -0.39 is 23.4 Å². The van der Waals surface area contributed by atoms with Crippen LogP contribution in [0.3, 0.4) is 0 Å². The molecule has 4 rings (SSSR count). The molecule has 0 aliphatic carbocycles. The van der Waals surface area contributed by atoms with E-state index in [9.17, 15) is 14.4 Å². The van der Waals surface area contributed by atoms with Crippen LogP contribution in [0.4, 0.5) is 4.79 Å². The summed E-state index contributed by atoms with van der Waals surface area (Å²) in [7, 11) is 0. The van der Waals surface area contributed by atoms with Gasteiger partial charge in [0.2, 0.25) is 0 Å². The highest BCUT2D eigenvalue weighted by Gasteiger charge is 2.47. The first-order valence-electron chi connectivity index (χ1n) is 8.86. The topological polar surface area (TPSA) is 96.3 Å². The molecular weight excluding hydrogens is 378 g/mol. The third kappa shape index (κ3) is 2.75. The van der Waals surface area contributed by atoms with E-state index in [-0.39, 0.29) is 0 Å². The van der Waals surface area contributed by atoms with Gasteiger partial charge in [-0.25, -0.2) is 9.48 Å². The van der Waals surface area contributed by atoms with Crippen LogP contribution >= 0.6 is 11.3 Å². The third-order valence-electron chi connectivity index (χ3n) is 4.95. The molecule has 0 spiro atoms. The van der Waals surface area contributed by atoms with E-state index >= 15 is 0 Å². The highest BCUT2D eigenvalue weighted by atomic mass is 32.1. The molecule has 0 radical (unpaired) electrons. The predicted molar refractivity (Wildman–Crippen MR) is 105 cm³/mol. The lowest BCUT2D eigenvalue weighted by Gasteiger charge is -2.19. The van der Waals surface area contributed by atoms with Crippen molar-refractivity contribution in [2.24, 2.45) is 0 Å². The number of carbonyl (C=O) groups is 3. The van der Waals surface area contributed by atoms with Gasteiger partial charge in [-0.1, -0.05) is 25.1 Å². The molecule has 3 heterocycles. The van der Waals surface area contributed by atoms with Crippen LogP contribution in [0.1, 0.15) is 35.6 Å². The molecule has 1 aliphatic rings. The Labute approximate surface area is 165 Å². The van der Waals surface area contributed by atoms with Gasteiger partial charge in [-0.05, 0) is 38.5 Å². The number of carbonyl (C=O) groups excluding carboxylic acids is 3. The summed E-state index contributed by atoms with van der Waals surface area (Å²) in [6, 6.07) is 10.7. The largest absolute Gasteiger partial charge is 0.344 e. The van der Waals surface area contributed by atoms with E-state index in [4.69, 9.17) is 0 Å². The quantitative estimate of drug-likeness (QED) is 0.662. The monoisotopic (exact) mass is 397 g/mol. The number of imide groups is 1. The molecule has 9 heteroatoms. The minimum Gasteiger partial charge on any atom is -0.322 e. The van der Waals surface area contributed by atoms with Crippen LogP contribution in [0.2, 0.25) is 0 Å². The smallest absolute Gasteiger partial charge is 0.322 e. The van der Waals surface area contributed by atoms with Crippen LogP contribution in [-0.2, 0) is 4.79 Å². The third-order valence-corrected chi connectivity index (χ3v) is 6.06. The lowest BCUT2D eigenvalue weighted by Crippen LogP contribution is -2.48. The average Bonchev–Trinajstić information content (AvgIpc) is 3.32. The Bertz CT molecular complexity index is 1100.